The molecule has 6 heteroatoms. The first kappa shape index (κ1) is 11.9. The van der Waals surface area contributed by atoms with Crippen LogP contribution in [0.15, 0.2) is 30.5 Å². The highest BCUT2D eigenvalue weighted by molar-refractivity contribution is 6.28. The molecule has 96 valence electrons. The van der Waals surface area contributed by atoms with Gasteiger partial charge in [0.1, 0.15) is 11.6 Å². The van der Waals surface area contributed by atoms with Gasteiger partial charge in [-0.1, -0.05) is 12.1 Å². The van der Waals surface area contributed by atoms with Crippen molar-refractivity contribution in [2.45, 2.75) is 13.5 Å². The Kier molecular flexibility index (Phi) is 3.05. The number of rotatable bonds is 3. The molecule has 2 N–H and O–H groups in total. The molecule has 3 aromatic rings. The molecule has 0 saturated heterocycles. The molecule has 0 bridgehead atoms. The van der Waals surface area contributed by atoms with Crippen LogP contribution in [0.1, 0.15) is 11.4 Å². The molecular weight excluding hydrogens is 262 g/mol. The molecule has 0 atom stereocenters. The number of para-hydroxylation sites is 2. The fraction of sp³-hybridized carbons (Fsp3) is 0.154. The predicted octanol–water partition coefficient (Wildman–Crippen LogP) is 2.93. The molecule has 0 amide bonds. The molecule has 0 unspecified atom stereocenters. The van der Waals surface area contributed by atoms with Crippen molar-refractivity contribution in [2.24, 2.45) is 0 Å². The van der Waals surface area contributed by atoms with Gasteiger partial charge in [-0.15, -0.1) is 0 Å². The van der Waals surface area contributed by atoms with E-state index in [4.69, 9.17) is 11.6 Å². The lowest BCUT2D eigenvalue weighted by molar-refractivity contribution is 0.984. The summed E-state index contributed by atoms with van der Waals surface area (Å²) in [5.74, 6) is 1.58. The zero-order valence-corrected chi connectivity index (χ0v) is 11.1. The van der Waals surface area contributed by atoms with Crippen LogP contribution in [-0.2, 0) is 6.54 Å². The number of hydrogen-bond acceptors (Lipinski definition) is 4. The van der Waals surface area contributed by atoms with Crippen LogP contribution in [0.4, 0.5) is 5.82 Å². The minimum atomic E-state index is 0.234. The van der Waals surface area contributed by atoms with Crippen molar-refractivity contribution < 1.29 is 0 Å². The zero-order valence-electron chi connectivity index (χ0n) is 10.3. The largest absolute Gasteiger partial charge is 0.362 e. The van der Waals surface area contributed by atoms with Crippen molar-refractivity contribution in [2.75, 3.05) is 5.32 Å². The van der Waals surface area contributed by atoms with Gasteiger partial charge in [-0.3, -0.25) is 0 Å². The van der Waals surface area contributed by atoms with Gasteiger partial charge in [0.2, 0.25) is 5.28 Å². The summed E-state index contributed by atoms with van der Waals surface area (Å²) in [7, 11) is 0. The highest BCUT2D eigenvalue weighted by atomic mass is 35.5. The molecule has 0 saturated carbocycles. The van der Waals surface area contributed by atoms with Crippen LogP contribution in [0.5, 0.6) is 0 Å². The Hall–Kier alpha value is -2.14. The molecule has 3 rings (SSSR count). The van der Waals surface area contributed by atoms with Crippen LogP contribution in [-0.4, -0.2) is 19.9 Å². The van der Waals surface area contributed by atoms with E-state index in [1.165, 1.54) is 0 Å². The smallest absolute Gasteiger partial charge is 0.224 e. The summed E-state index contributed by atoms with van der Waals surface area (Å²) in [4.78, 5) is 15.8. The van der Waals surface area contributed by atoms with Gasteiger partial charge in [-0.2, -0.15) is 0 Å². The maximum Gasteiger partial charge on any atom is 0.224 e. The first-order valence-electron chi connectivity index (χ1n) is 5.89. The van der Waals surface area contributed by atoms with Gasteiger partial charge in [-0.05, 0) is 30.7 Å². The van der Waals surface area contributed by atoms with Crippen LogP contribution in [0, 0.1) is 6.92 Å². The molecule has 0 aliphatic heterocycles. The number of nitrogens with one attached hydrogen (secondary N) is 2. The first-order chi connectivity index (χ1) is 9.22. The van der Waals surface area contributed by atoms with Crippen molar-refractivity contribution in [3.8, 4) is 0 Å². The average molecular weight is 274 g/mol. The lowest BCUT2D eigenvalue weighted by Gasteiger charge is -2.06. The SMILES string of the molecule is Cc1cnc(Cl)nc1NCc1nc2ccccc2[nH]1. The van der Waals surface area contributed by atoms with Crippen LogP contribution in [0.3, 0.4) is 0 Å². The molecule has 0 aliphatic rings. The standard InChI is InChI=1S/C13H12ClN5/c1-8-6-16-13(14)19-12(8)15-7-11-17-9-4-2-3-5-10(9)18-11/h2-6H,7H2,1H3,(H,17,18)(H,15,16,19). The van der Waals surface area contributed by atoms with E-state index in [-0.39, 0.29) is 5.28 Å². The molecule has 0 aliphatic carbocycles. The summed E-state index contributed by atoms with van der Waals surface area (Å²) in [5, 5.41) is 3.44. The van der Waals surface area contributed by atoms with E-state index < -0.39 is 0 Å². The Morgan fingerprint density at radius 3 is 2.95 bits per heavy atom. The minimum Gasteiger partial charge on any atom is -0.362 e. The number of aromatic amines is 1. The van der Waals surface area contributed by atoms with Crippen molar-refractivity contribution >= 4 is 28.5 Å². The Balaban J connectivity index is 1.80. The van der Waals surface area contributed by atoms with Gasteiger partial charge in [0, 0.05) is 11.8 Å². The number of aryl methyl sites for hydroxylation is 1. The second-order valence-corrected chi connectivity index (χ2v) is 4.56. The quantitative estimate of drug-likeness (QED) is 0.720. The number of H-pyrrole nitrogens is 1. The Bertz CT molecular complexity index is 689. The normalized spacial score (nSPS) is 10.8. The molecule has 0 radical (unpaired) electrons. The van der Waals surface area contributed by atoms with Gasteiger partial charge < -0.3 is 10.3 Å². The van der Waals surface area contributed by atoms with E-state index in [1.807, 2.05) is 31.2 Å². The third kappa shape index (κ3) is 2.51. The third-order valence-corrected chi connectivity index (χ3v) is 2.99. The lowest BCUT2D eigenvalue weighted by Crippen LogP contribution is -2.05. The summed E-state index contributed by atoms with van der Waals surface area (Å²) < 4.78 is 0. The lowest BCUT2D eigenvalue weighted by atomic mass is 10.3. The van der Waals surface area contributed by atoms with E-state index >= 15 is 0 Å². The topological polar surface area (TPSA) is 66.5 Å². The molecule has 5 nitrogen and oxygen atoms in total. The van der Waals surface area contributed by atoms with E-state index in [0.29, 0.717) is 6.54 Å². The third-order valence-electron chi connectivity index (χ3n) is 2.80. The second kappa shape index (κ2) is 4.85. The zero-order chi connectivity index (χ0) is 13.2. The number of aromatic nitrogens is 4. The van der Waals surface area contributed by atoms with Gasteiger partial charge >= 0.3 is 0 Å². The fourth-order valence-electron chi connectivity index (χ4n) is 1.86. The first-order valence-corrected chi connectivity index (χ1v) is 6.27. The monoisotopic (exact) mass is 273 g/mol. The number of nitrogens with zero attached hydrogens (tertiary/aromatic N) is 3. The van der Waals surface area contributed by atoms with E-state index in [2.05, 4.69) is 25.3 Å². The molecule has 0 fully saturated rings. The Morgan fingerprint density at radius 2 is 2.11 bits per heavy atom. The summed E-state index contributed by atoms with van der Waals surface area (Å²) in [5.41, 5.74) is 2.92. The maximum atomic E-state index is 5.78. The van der Waals surface area contributed by atoms with Crippen molar-refractivity contribution in [3.05, 3.63) is 47.1 Å². The minimum absolute atomic E-state index is 0.234. The Labute approximate surface area is 115 Å². The summed E-state index contributed by atoms with van der Waals surface area (Å²) >= 11 is 5.78. The molecule has 19 heavy (non-hydrogen) atoms. The van der Waals surface area contributed by atoms with Crippen molar-refractivity contribution in [3.63, 3.8) is 0 Å². The van der Waals surface area contributed by atoms with Crippen LogP contribution >= 0.6 is 11.6 Å². The summed E-state index contributed by atoms with van der Waals surface area (Å²) in [6.07, 6.45) is 1.69. The van der Waals surface area contributed by atoms with E-state index in [9.17, 15) is 0 Å². The summed E-state index contributed by atoms with van der Waals surface area (Å²) in [6, 6.07) is 7.92. The van der Waals surface area contributed by atoms with Gasteiger partial charge in [-0.25, -0.2) is 15.0 Å². The highest BCUT2D eigenvalue weighted by Crippen LogP contribution is 2.15. The average Bonchev–Trinajstić information content (AvgIpc) is 2.82. The van der Waals surface area contributed by atoms with Gasteiger partial charge in [0.05, 0.1) is 17.6 Å². The number of anilines is 1. The van der Waals surface area contributed by atoms with E-state index in [1.54, 1.807) is 6.20 Å². The van der Waals surface area contributed by atoms with E-state index in [0.717, 1.165) is 28.2 Å². The van der Waals surface area contributed by atoms with Crippen molar-refractivity contribution in [1.29, 1.82) is 0 Å². The predicted molar refractivity (Wildman–Crippen MR) is 75.2 cm³/mol. The van der Waals surface area contributed by atoms with Crippen LogP contribution < -0.4 is 5.32 Å². The van der Waals surface area contributed by atoms with Crippen molar-refractivity contribution in [1.82, 2.24) is 19.9 Å². The number of imidazole rings is 1. The van der Waals surface area contributed by atoms with Gasteiger partial charge in [0.25, 0.3) is 0 Å². The number of benzene rings is 1. The fourth-order valence-corrected chi connectivity index (χ4v) is 1.99. The number of fused-ring (bicyclic) bond motifs is 1. The molecule has 0 spiro atoms. The van der Waals surface area contributed by atoms with Crippen LogP contribution in [0.2, 0.25) is 5.28 Å². The number of halogens is 1. The molecular formula is C13H12ClN5. The van der Waals surface area contributed by atoms with Crippen LogP contribution in [0.25, 0.3) is 11.0 Å². The highest BCUT2D eigenvalue weighted by Gasteiger charge is 2.05. The summed E-state index contributed by atoms with van der Waals surface area (Å²) in [6.45, 7) is 2.49. The number of hydrogen-bond donors (Lipinski definition) is 2. The molecule has 1 aromatic carbocycles. The maximum absolute atomic E-state index is 5.78. The molecule has 2 aromatic heterocycles. The molecule has 2 heterocycles. The van der Waals surface area contributed by atoms with Gasteiger partial charge in [0.15, 0.2) is 0 Å². The Morgan fingerprint density at radius 1 is 1.26 bits per heavy atom. The second-order valence-electron chi connectivity index (χ2n) is 4.22.